The van der Waals surface area contributed by atoms with Gasteiger partial charge in [-0.1, -0.05) is 60.7 Å². The lowest BCUT2D eigenvalue weighted by Gasteiger charge is -2.18. The molecular weight excluding hydrogens is 376 g/mol. The quantitative estimate of drug-likeness (QED) is 0.290. The van der Waals surface area contributed by atoms with Crippen molar-refractivity contribution in [1.29, 1.82) is 0 Å². The van der Waals surface area contributed by atoms with E-state index in [9.17, 15) is 4.79 Å². The fourth-order valence-electron chi connectivity index (χ4n) is 3.15. The second kappa shape index (κ2) is 11.5. The maximum Gasteiger partial charge on any atom is 0.287 e. The Kier molecular flexibility index (Phi) is 8.09. The molecule has 2 aromatic carbocycles. The third-order valence-corrected chi connectivity index (χ3v) is 4.63. The molecule has 0 saturated heterocycles. The molecule has 0 bridgehead atoms. The molecule has 0 atom stereocenters. The Morgan fingerprint density at radius 1 is 0.867 bits per heavy atom. The van der Waals surface area contributed by atoms with Crippen LogP contribution in [0.1, 0.15) is 34.5 Å². The van der Waals surface area contributed by atoms with Crippen LogP contribution in [0.3, 0.4) is 0 Å². The number of hydrogen-bond donors (Lipinski definition) is 3. The van der Waals surface area contributed by atoms with Gasteiger partial charge in [0.05, 0.1) is 12.8 Å². The van der Waals surface area contributed by atoms with E-state index in [4.69, 9.17) is 9.41 Å². The van der Waals surface area contributed by atoms with Crippen molar-refractivity contribution in [3.63, 3.8) is 0 Å². The molecule has 0 unspecified atom stereocenters. The number of amides is 1. The molecule has 6 heteroatoms. The Labute approximate surface area is 177 Å². The molecular formula is C24H28N4O2. The number of rotatable bonds is 9. The standard InChI is InChI=1S/C24H28N4O2/c1-2-25-24(27-16-15-26-23(29)22-14-9-17-30-22)28-18-21(19-10-5-3-6-11-19)20-12-7-4-8-13-20/h3-14,17,21H,2,15-16,18H2,1H3,(H,26,29)(H2,25,27,28). The fraction of sp³-hybridized carbons (Fsp3) is 0.250. The molecule has 30 heavy (non-hydrogen) atoms. The van der Waals surface area contributed by atoms with Crippen molar-refractivity contribution < 1.29 is 9.21 Å². The van der Waals surface area contributed by atoms with Crippen LogP contribution in [0.5, 0.6) is 0 Å². The molecule has 6 nitrogen and oxygen atoms in total. The third kappa shape index (κ3) is 6.24. The lowest BCUT2D eigenvalue weighted by Crippen LogP contribution is -2.41. The zero-order chi connectivity index (χ0) is 21.0. The van der Waals surface area contributed by atoms with Gasteiger partial charge in [-0.05, 0) is 30.2 Å². The number of carbonyl (C=O) groups is 1. The summed E-state index contributed by atoms with van der Waals surface area (Å²) in [6, 6.07) is 24.2. The summed E-state index contributed by atoms with van der Waals surface area (Å²) in [6.45, 7) is 4.42. The monoisotopic (exact) mass is 404 g/mol. The van der Waals surface area contributed by atoms with E-state index in [1.165, 1.54) is 17.4 Å². The molecule has 3 aromatic rings. The Morgan fingerprint density at radius 2 is 1.50 bits per heavy atom. The van der Waals surface area contributed by atoms with Crippen LogP contribution < -0.4 is 16.0 Å². The molecule has 156 valence electrons. The van der Waals surface area contributed by atoms with E-state index in [1.807, 2.05) is 19.1 Å². The highest BCUT2D eigenvalue weighted by molar-refractivity contribution is 5.91. The molecule has 0 aliphatic carbocycles. The van der Waals surface area contributed by atoms with Crippen LogP contribution in [0.15, 0.2) is 88.5 Å². The fourth-order valence-corrected chi connectivity index (χ4v) is 3.15. The zero-order valence-electron chi connectivity index (χ0n) is 17.2. The highest BCUT2D eigenvalue weighted by atomic mass is 16.3. The first-order chi connectivity index (χ1) is 14.8. The first-order valence-corrected chi connectivity index (χ1v) is 10.2. The number of nitrogens with zero attached hydrogens (tertiary/aromatic N) is 1. The van der Waals surface area contributed by atoms with Crippen molar-refractivity contribution >= 4 is 11.9 Å². The average Bonchev–Trinajstić information content (AvgIpc) is 3.33. The summed E-state index contributed by atoms with van der Waals surface area (Å²) in [5.41, 5.74) is 2.46. The van der Waals surface area contributed by atoms with E-state index in [0.29, 0.717) is 25.4 Å². The van der Waals surface area contributed by atoms with Gasteiger partial charge in [0.2, 0.25) is 0 Å². The predicted molar refractivity (Wildman–Crippen MR) is 120 cm³/mol. The largest absolute Gasteiger partial charge is 0.459 e. The van der Waals surface area contributed by atoms with Crippen molar-refractivity contribution in [2.24, 2.45) is 4.99 Å². The van der Waals surface area contributed by atoms with Gasteiger partial charge in [-0.2, -0.15) is 0 Å². The smallest absolute Gasteiger partial charge is 0.287 e. The summed E-state index contributed by atoms with van der Waals surface area (Å²) in [7, 11) is 0. The second-order valence-electron chi connectivity index (χ2n) is 6.75. The second-order valence-corrected chi connectivity index (χ2v) is 6.75. The van der Waals surface area contributed by atoms with Gasteiger partial charge in [-0.3, -0.25) is 9.79 Å². The number of benzene rings is 2. The molecule has 0 aliphatic rings. The van der Waals surface area contributed by atoms with Crippen LogP contribution in [-0.2, 0) is 0 Å². The number of hydrogen-bond acceptors (Lipinski definition) is 3. The first kappa shape index (κ1) is 21.2. The maximum atomic E-state index is 11.9. The number of nitrogens with one attached hydrogen (secondary N) is 3. The molecule has 1 amide bonds. The Hall–Kier alpha value is -3.54. The van der Waals surface area contributed by atoms with E-state index < -0.39 is 0 Å². The van der Waals surface area contributed by atoms with E-state index in [0.717, 1.165) is 12.5 Å². The molecule has 0 aliphatic heterocycles. The minimum Gasteiger partial charge on any atom is -0.459 e. The van der Waals surface area contributed by atoms with Crippen LogP contribution >= 0.6 is 0 Å². The van der Waals surface area contributed by atoms with Gasteiger partial charge in [-0.25, -0.2) is 0 Å². The van der Waals surface area contributed by atoms with Crippen LogP contribution in [-0.4, -0.2) is 38.0 Å². The molecule has 0 spiro atoms. The summed E-state index contributed by atoms with van der Waals surface area (Å²) in [4.78, 5) is 16.7. The van der Waals surface area contributed by atoms with Crippen LogP contribution in [0.2, 0.25) is 0 Å². The summed E-state index contributed by atoms with van der Waals surface area (Å²) < 4.78 is 5.09. The van der Waals surface area contributed by atoms with Crippen LogP contribution in [0, 0.1) is 0 Å². The minimum atomic E-state index is -0.225. The number of furan rings is 1. The Balaban J connectivity index is 1.60. The molecule has 1 heterocycles. The predicted octanol–water partition coefficient (Wildman–Crippen LogP) is 3.40. The van der Waals surface area contributed by atoms with Crippen molar-refractivity contribution in [3.05, 3.63) is 95.9 Å². The van der Waals surface area contributed by atoms with Crippen molar-refractivity contribution in [3.8, 4) is 0 Å². The lowest BCUT2D eigenvalue weighted by atomic mass is 9.91. The Morgan fingerprint density at radius 3 is 2.07 bits per heavy atom. The average molecular weight is 405 g/mol. The number of aliphatic imine (C=N–C) groups is 1. The van der Waals surface area contributed by atoms with Crippen LogP contribution in [0.4, 0.5) is 0 Å². The molecule has 3 N–H and O–H groups in total. The zero-order valence-corrected chi connectivity index (χ0v) is 17.2. The van der Waals surface area contributed by atoms with Gasteiger partial charge in [-0.15, -0.1) is 0 Å². The molecule has 3 rings (SSSR count). The summed E-state index contributed by atoms with van der Waals surface area (Å²) in [5.74, 6) is 0.976. The highest BCUT2D eigenvalue weighted by Crippen LogP contribution is 2.24. The van der Waals surface area contributed by atoms with Gasteiger partial charge in [0.25, 0.3) is 5.91 Å². The van der Waals surface area contributed by atoms with Gasteiger partial charge in [0.1, 0.15) is 0 Å². The van der Waals surface area contributed by atoms with E-state index in [2.05, 4.69) is 64.5 Å². The first-order valence-electron chi connectivity index (χ1n) is 10.2. The summed E-state index contributed by atoms with van der Waals surface area (Å²) >= 11 is 0. The molecule has 1 aromatic heterocycles. The number of guanidine groups is 1. The van der Waals surface area contributed by atoms with Gasteiger partial charge < -0.3 is 20.4 Å². The minimum absolute atomic E-state index is 0.168. The van der Waals surface area contributed by atoms with Gasteiger partial charge in [0.15, 0.2) is 11.7 Å². The lowest BCUT2D eigenvalue weighted by molar-refractivity contribution is 0.0926. The highest BCUT2D eigenvalue weighted by Gasteiger charge is 2.14. The van der Waals surface area contributed by atoms with Crippen molar-refractivity contribution in [2.75, 3.05) is 26.2 Å². The SMILES string of the molecule is CCNC(=NCC(c1ccccc1)c1ccccc1)NCCNC(=O)c1ccco1. The van der Waals surface area contributed by atoms with E-state index in [-0.39, 0.29) is 11.8 Å². The maximum absolute atomic E-state index is 11.9. The normalized spacial score (nSPS) is 11.3. The van der Waals surface area contributed by atoms with Crippen LogP contribution in [0.25, 0.3) is 0 Å². The van der Waals surface area contributed by atoms with E-state index >= 15 is 0 Å². The topological polar surface area (TPSA) is 78.7 Å². The molecule has 0 saturated carbocycles. The molecule has 0 radical (unpaired) electrons. The van der Waals surface area contributed by atoms with Crippen molar-refractivity contribution in [2.45, 2.75) is 12.8 Å². The summed E-state index contributed by atoms with van der Waals surface area (Å²) in [6.07, 6.45) is 1.49. The summed E-state index contributed by atoms with van der Waals surface area (Å²) in [5, 5.41) is 9.36. The van der Waals surface area contributed by atoms with Gasteiger partial charge in [0, 0.05) is 25.6 Å². The van der Waals surface area contributed by atoms with Crippen molar-refractivity contribution in [1.82, 2.24) is 16.0 Å². The molecule has 0 fully saturated rings. The third-order valence-electron chi connectivity index (χ3n) is 4.63. The Bertz CT molecular complexity index is 869. The van der Waals surface area contributed by atoms with Gasteiger partial charge >= 0.3 is 0 Å². The van der Waals surface area contributed by atoms with E-state index in [1.54, 1.807) is 12.1 Å². The number of carbonyl (C=O) groups excluding carboxylic acids is 1.